The highest BCUT2D eigenvalue weighted by molar-refractivity contribution is 7.20. The first-order valence-corrected chi connectivity index (χ1v) is 6.30. The number of aromatic nitrogens is 3. The lowest BCUT2D eigenvalue weighted by Gasteiger charge is -2.21. The Hall–Kier alpha value is -1.10. The van der Waals surface area contributed by atoms with Crippen molar-refractivity contribution >= 4 is 21.4 Å². The van der Waals surface area contributed by atoms with E-state index < -0.39 is 0 Å². The third-order valence-corrected chi connectivity index (χ3v) is 3.78. The van der Waals surface area contributed by atoms with Crippen LogP contribution in [-0.2, 0) is 0 Å². The normalized spacial score (nSPS) is 18.4. The smallest absolute Gasteiger partial charge is 0.213 e. The van der Waals surface area contributed by atoms with Crippen LogP contribution in [0.1, 0.15) is 32.1 Å². The van der Waals surface area contributed by atoms with Crippen LogP contribution in [0.5, 0.6) is 0 Å². The minimum absolute atomic E-state index is 0.620. The van der Waals surface area contributed by atoms with Crippen LogP contribution in [0.25, 0.3) is 4.96 Å². The summed E-state index contributed by atoms with van der Waals surface area (Å²) in [5.41, 5.74) is 0. The fourth-order valence-electron chi connectivity index (χ4n) is 2.12. The van der Waals surface area contributed by atoms with Crippen LogP contribution in [-0.4, -0.2) is 20.6 Å². The number of imidazole rings is 1. The molecule has 1 aliphatic rings. The van der Waals surface area contributed by atoms with E-state index in [9.17, 15) is 0 Å². The Balaban J connectivity index is 1.74. The largest absolute Gasteiger partial charge is 0.357 e. The van der Waals surface area contributed by atoms with Gasteiger partial charge in [-0.15, -0.1) is 5.10 Å². The first kappa shape index (κ1) is 9.15. The van der Waals surface area contributed by atoms with Crippen LogP contribution >= 0.6 is 11.3 Å². The fraction of sp³-hybridized carbons (Fsp3) is 0.600. The molecule has 0 aromatic carbocycles. The van der Waals surface area contributed by atoms with Crippen LogP contribution in [0.15, 0.2) is 12.4 Å². The second kappa shape index (κ2) is 3.81. The maximum absolute atomic E-state index is 4.43. The maximum atomic E-state index is 4.43. The molecule has 80 valence electrons. The number of rotatable bonds is 2. The van der Waals surface area contributed by atoms with E-state index in [0.29, 0.717) is 6.04 Å². The van der Waals surface area contributed by atoms with Gasteiger partial charge in [0.2, 0.25) is 10.1 Å². The number of hydrogen-bond acceptors (Lipinski definition) is 4. The van der Waals surface area contributed by atoms with E-state index in [1.165, 1.54) is 32.1 Å². The average molecular weight is 222 g/mol. The molecule has 2 heterocycles. The summed E-state index contributed by atoms with van der Waals surface area (Å²) in [6.45, 7) is 0. The van der Waals surface area contributed by atoms with Crippen molar-refractivity contribution in [1.29, 1.82) is 0 Å². The van der Waals surface area contributed by atoms with Crippen molar-refractivity contribution in [3.63, 3.8) is 0 Å². The van der Waals surface area contributed by atoms with Crippen molar-refractivity contribution in [3.05, 3.63) is 12.4 Å². The highest BCUT2D eigenvalue weighted by Crippen LogP contribution is 2.24. The molecule has 1 fully saturated rings. The van der Waals surface area contributed by atoms with Gasteiger partial charge >= 0.3 is 0 Å². The molecule has 0 bridgehead atoms. The minimum atomic E-state index is 0.620. The molecule has 5 heteroatoms. The van der Waals surface area contributed by atoms with Crippen LogP contribution < -0.4 is 5.32 Å². The topological polar surface area (TPSA) is 42.2 Å². The van der Waals surface area contributed by atoms with Gasteiger partial charge in [-0.05, 0) is 12.8 Å². The van der Waals surface area contributed by atoms with E-state index in [1.54, 1.807) is 17.5 Å². The van der Waals surface area contributed by atoms with Crippen LogP contribution in [0.3, 0.4) is 0 Å². The summed E-state index contributed by atoms with van der Waals surface area (Å²) in [6.07, 6.45) is 10.3. The number of anilines is 1. The quantitative estimate of drug-likeness (QED) is 0.849. The van der Waals surface area contributed by atoms with Crippen molar-refractivity contribution in [1.82, 2.24) is 14.6 Å². The SMILES string of the molecule is c1cn2nc(NC3CCCCC3)sc2n1. The molecule has 2 aromatic rings. The van der Waals surface area contributed by atoms with Crippen molar-refractivity contribution in [2.45, 2.75) is 38.1 Å². The second-order valence-electron chi connectivity index (χ2n) is 4.04. The summed E-state index contributed by atoms with van der Waals surface area (Å²) >= 11 is 1.63. The monoisotopic (exact) mass is 222 g/mol. The summed E-state index contributed by atoms with van der Waals surface area (Å²) in [6, 6.07) is 0.620. The number of hydrogen-bond donors (Lipinski definition) is 1. The van der Waals surface area contributed by atoms with E-state index in [2.05, 4.69) is 15.4 Å². The van der Waals surface area contributed by atoms with Crippen molar-refractivity contribution in [2.75, 3.05) is 5.32 Å². The van der Waals surface area contributed by atoms with Gasteiger partial charge in [0.05, 0.1) is 6.20 Å². The highest BCUT2D eigenvalue weighted by Gasteiger charge is 2.14. The standard InChI is InChI=1S/C10H14N4S/c1-2-4-8(5-3-1)12-9-13-14-7-6-11-10(14)15-9/h6-8H,1-5H2,(H,12,13). The average Bonchev–Trinajstić information content (AvgIpc) is 2.79. The Morgan fingerprint density at radius 3 is 3.00 bits per heavy atom. The molecule has 0 spiro atoms. The second-order valence-corrected chi connectivity index (χ2v) is 5.00. The predicted molar refractivity (Wildman–Crippen MR) is 61.4 cm³/mol. The Labute approximate surface area is 92.3 Å². The van der Waals surface area contributed by atoms with E-state index in [-0.39, 0.29) is 0 Å². The van der Waals surface area contributed by atoms with Gasteiger partial charge in [-0.25, -0.2) is 9.50 Å². The molecule has 1 saturated carbocycles. The van der Waals surface area contributed by atoms with Gasteiger partial charge in [-0.1, -0.05) is 30.6 Å². The molecule has 0 radical (unpaired) electrons. The molecule has 0 amide bonds. The van der Waals surface area contributed by atoms with Crippen molar-refractivity contribution in [3.8, 4) is 0 Å². The van der Waals surface area contributed by atoms with Gasteiger partial charge in [0.25, 0.3) is 0 Å². The Morgan fingerprint density at radius 1 is 1.33 bits per heavy atom. The molecule has 0 atom stereocenters. The zero-order valence-electron chi connectivity index (χ0n) is 8.52. The van der Waals surface area contributed by atoms with E-state index >= 15 is 0 Å². The summed E-state index contributed by atoms with van der Waals surface area (Å²) in [7, 11) is 0. The molecule has 1 N–H and O–H groups in total. The molecular weight excluding hydrogens is 208 g/mol. The number of nitrogens with zero attached hydrogens (tertiary/aromatic N) is 3. The minimum Gasteiger partial charge on any atom is -0.357 e. The summed E-state index contributed by atoms with van der Waals surface area (Å²) in [5.74, 6) is 0. The van der Waals surface area contributed by atoms with Crippen LogP contribution in [0.2, 0.25) is 0 Å². The molecule has 2 aromatic heterocycles. The number of nitrogens with one attached hydrogen (secondary N) is 1. The van der Waals surface area contributed by atoms with Gasteiger partial charge in [0, 0.05) is 12.2 Å². The molecular formula is C10H14N4S. The lowest BCUT2D eigenvalue weighted by atomic mass is 9.96. The van der Waals surface area contributed by atoms with Gasteiger partial charge < -0.3 is 5.32 Å². The van der Waals surface area contributed by atoms with E-state index in [0.717, 1.165) is 10.1 Å². The Kier molecular flexibility index (Phi) is 2.32. The van der Waals surface area contributed by atoms with Crippen molar-refractivity contribution < 1.29 is 0 Å². The maximum Gasteiger partial charge on any atom is 0.213 e. The van der Waals surface area contributed by atoms with Gasteiger partial charge in [-0.2, -0.15) is 0 Å². The van der Waals surface area contributed by atoms with E-state index in [1.807, 2.05) is 10.7 Å². The number of fused-ring (bicyclic) bond motifs is 1. The zero-order valence-corrected chi connectivity index (χ0v) is 9.33. The lowest BCUT2D eigenvalue weighted by Crippen LogP contribution is -2.22. The molecule has 1 aliphatic carbocycles. The van der Waals surface area contributed by atoms with Crippen molar-refractivity contribution in [2.24, 2.45) is 0 Å². The Morgan fingerprint density at radius 2 is 2.20 bits per heavy atom. The molecule has 0 aliphatic heterocycles. The third-order valence-electron chi connectivity index (χ3n) is 2.91. The van der Waals surface area contributed by atoms with Gasteiger partial charge in [-0.3, -0.25) is 0 Å². The molecule has 15 heavy (non-hydrogen) atoms. The fourth-order valence-corrected chi connectivity index (χ4v) is 2.95. The first-order chi connectivity index (χ1) is 7.42. The summed E-state index contributed by atoms with van der Waals surface area (Å²) in [4.78, 5) is 5.18. The third kappa shape index (κ3) is 1.84. The summed E-state index contributed by atoms with van der Waals surface area (Å²) in [5, 5.41) is 8.94. The zero-order chi connectivity index (χ0) is 10.1. The van der Waals surface area contributed by atoms with Crippen LogP contribution in [0, 0.1) is 0 Å². The predicted octanol–water partition coefficient (Wildman–Crippen LogP) is 2.54. The first-order valence-electron chi connectivity index (χ1n) is 5.48. The molecule has 0 saturated heterocycles. The van der Waals surface area contributed by atoms with Gasteiger partial charge in [0.1, 0.15) is 0 Å². The molecule has 3 rings (SSSR count). The molecule has 4 nitrogen and oxygen atoms in total. The summed E-state index contributed by atoms with van der Waals surface area (Å²) < 4.78 is 1.83. The van der Waals surface area contributed by atoms with Crippen LogP contribution in [0.4, 0.5) is 5.13 Å². The molecule has 0 unspecified atom stereocenters. The van der Waals surface area contributed by atoms with Gasteiger partial charge in [0.15, 0.2) is 0 Å². The Bertz CT molecular complexity index is 412. The highest BCUT2D eigenvalue weighted by atomic mass is 32.1. The van der Waals surface area contributed by atoms with E-state index in [4.69, 9.17) is 0 Å². The lowest BCUT2D eigenvalue weighted by molar-refractivity contribution is 0.462.